The number of aryl methyl sites for hydroxylation is 1. The molecule has 0 radical (unpaired) electrons. The zero-order valence-electron chi connectivity index (χ0n) is 14.6. The molecule has 0 spiro atoms. The smallest absolute Gasteiger partial charge is 0.261 e. The highest BCUT2D eigenvalue weighted by molar-refractivity contribution is 6.06. The van der Waals surface area contributed by atoms with Crippen LogP contribution in [-0.4, -0.2) is 16.8 Å². The highest BCUT2D eigenvalue weighted by Gasteiger charge is 2.14. The van der Waals surface area contributed by atoms with Crippen molar-refractivity contribution < 1.29 is 9.59 Å². The molecule has 3 rings (SSSR count). The average Bonchev–Trinajstić information content (AvgIpc) is 2.62. The quantitative estimate of drug-likeness (QED) is 0.675. The van der Waals surface area contributed by atoms with Crippen LogP contribution >= 0.6 is 0 Å². The molecule has 0 saturated heterocycles. The van der Waals surface area contributed by atoms with Gasteiger partial charge in [-0.3, -0.25) is 14.4 Å². The summed E-state index contributed by atoms with van der Waals surface area (Å²) < 4.78 is 0. The van der Waals surface area contributed by atoms with E-state index in [0.717, 1.165) is 12.0 Å². The lowest BCUT2D eigenvalue weighted by molar-refractivity contribution is -0.114. The monoisotopic (exact) mass is 349 g/mol. The van der Waals surface area contributed by atoms with Gasteiger partial charge in [-0.2, -0.15) is 0 Å². The van der Waals surface area contributed by atoms with Gasteiger partial charge in [0, 0.05) is 35.4 Å². The zero-order valence-corrected chi connectivity index (χ0v) is 14.6. The van der Waals surface area contributed by atoms with Crippen molar-refractivity contribution in [1.82, 2.24) is 4.98 Å². The molecule has 0 aliphatic rings. The van der Waals surface area contributed by atoms with Crippen molar-refractivity contribution in [1.29, 1.82) is 0 Å². The highest BCUT2D eigenvalue weighted by Crippen LogP contribution is 2.22. The van der Waals surface area contributed by atoms with Crippen molar-refractivity contribution in [3.05, 3.63) is 70.0 Å². The first-order valence-electron chi connectivity index (χ1n) is 8.32. The summed E-state index contributed by atoms with van der Waals surface area (Å²) in [5.41, 5.74) is 2.48. The van der Waals surface area contributed by atoms with E-state index in [1.165, 1.54) is 13.1 Å². The van der Waals surface area contributed by atoms with Gasteiger partial charge in [0.25, 0.3) is 5.91 Å². The second kappa shape index (κ2) is 7.23. The van der Waals surface area contributed by atoms with Crippen molar-refractivity contribution in [3.8, 4) is 0 Å². The Hall–Kier alpha value is -3.41. The number of carbonyl (C=O) groups excluding carboxylic acids is 2. The predicted molar refractivity (Wildman–Crippen MR) is 103 cm³/mol. The minimum Gasteiger partial charge on any atom is -0.360 e. The van der Waals surface area contributed by atoms with Gasteiger partial charge in [0.15, 0.2) is 0 Å². The second-order valence-corrected chi connectivity index (χ2v) is 5.94. The first-order chi connectivity index (χ1) is 12.5. The summed E-state index contributed by atoms with van der Waals surface area (Å²) in [6.45, 7) is 3.41. The number of anilines is 2. The highest BCUT2D eigenvalue weighted by atomic mass is 16.2. The topological polar surface area (TPSA) is 91.1 Å². The van der Waals surface area contributed by atoms with Crippen LogP contribution in [0.2, 0.25) is 0 Å². The number of nitrogens with one attached hydrogen (secondary N) is 3. The van der Waals surface area contributed by atoms with Gasteiger partial charge in [-0.25, -0.2) is 0 Å². The van der Waals surface area contributed by atoms with Gasteiger partial charge in [-0.1, -0.05) is 25.1 Å². The van der Waals surface area contributed by atoms with Crippen LogP contribution in [0.15, 0.2) is 53.5 Å². The Bertz CT molecular complexity index is 1050. The lowest BCUT2D eigenvalue weighted by Crippen LogP contribution is -2.22. The minimum absolute atomic E-state index is 0.0318. The van der Waals surface area contributed by atoms with Gasteiger partial charge in [0.05, 0.1) is 0 Å². The second-order valence-electron chi connectivity index (χ2n) is 5.94. The fraction of sp³-hybridized carbons (Fsp3) is 0.150. The molecule has 0 aliphatic heterocycles. The molecule has 0 bridgehead atoms. The molecule has 132 valence electrons. The third kappa shape index (κ3) is 3.49. The van der Waals surface area contributed by atoms with Crippen molar-refractivity contribution in [2.45, 2.75) is 20.3 Å². The number of hydrogen-bond acceptors (Lipinski definition) is 3. The molecule has 0 unspecified atom stereocenters. The molecule has 1 heterocycles. The molecule has 3 aromatic rings. The Morgan fingerprint density at radius 2 is 1.85 bits per heavy atom. The van der Waals surface area contributed by atoms with E-state index in [-0.39, 0.29) is 16.9 Å². The molecule has 0 atom stereocenters. The maximum atomic E-state index is 12.5. The molecule has 3 N–H and O–H groups in total. The average molecular weight is 349 g/mol. The first-order valence-corrected chi connectivity index (χ1v) is 8.32. The number of para-hydroxylation sites is 1. The molecule has 1 aromatic heterocycles. The number of aromatic amines is 1. The van der Waals surface area contributed by atoms with E-state index in [2.05, 4.69) is 15.6 Å². The largest absolute Gasteiger partial charge is 0.360 e. The molecular formula is C20H19N3O3. The molecule has 2 amide bonds. The van der Waals surface area contributed by atoms with Crippen molar-refractivity contribution in [2.75, 3.05) is 10.6 Å². The molecule has 6 nitrogen and oxygen atoms in total. The zero-order chi connectivity index (χ0) is 18.7. The third-order valence-corrected chi connectivity index (χ3v) is 4.09. The van der Waals surface area contributed by atoms with Gasteiger partial charge in [0.2, 0.25) is 11.3 Å². The molecule has 0 aliphatic carbocycles. The van der Waals surface area contributed by atoms with Crippen LogP contribution in [0.4, 0.5) is 11.4 Å². The molecule has 0 saturated carbocycles. The van der Waals surface area contributed by atoms with Gasteiger partial charge < -0.3 is 15.6 Å². The molecular weight excluding hydrogens is 330 g/mol. The van der Waals surface area contributed by atoms with Crippen LogP contribution in [0.25, 0.3) is 10.9 Å². The normalized spacial score (nSPS) is 10.5. The Morgan fingerprint density at radius 3 is 2.58 bits per heavy atom. The van der Waals surface area contributed by atoms with E-state index < -0.39 is 5.91 Å². The van der Waals surface area contributed by atoms with Crippen LogP contribution in [0.1, 0.15) is 29.8 Å². The molecule has 26 heavy (non-hydrogen) atoms. The number of carbonyl (C=O) groups is 2. The van der Waals surface area contributed by atoms with Crippen LogP contribution in [0.3, 0.4) is 0 Å². The summed E-state index contributed by atoms with van der Waals surface area (Å²) in [7, 11) is 0. The minimum atomic E-state index is -0.505. The number of hydrogen-bond donors (Lipinski definition) is 3. The van der Waals surface area contributed by atoms with Gasteiger partial charge in [0.1, 0.15) is 5.56 Å². The number of fused-ring (bicyclic) bond motifs is 1. The third-order valence-electron chi connectivity index (χ3n) is 4.09. The number of aromatic nitrogens is 1. The number of benzene rings is 2. The van der Waals surface area contributed by atoms with Crippen molar-refractivity contribution in [2.24, 2.45) is 0 Å². The van der Waals surface area contributed by atoms with Gasteiger partial charge >= 0.3 is 0 Å². The summed E-state index contributed by atoms with van der Waals surface area (Å²) in [4.78, 5) is 39.4. The number of rotatable bonds is 4. The summed E-state index contributed by atoms with van der Waals surface area (Å²) in [5.74, 6) is -0.691. The van der Waals surface area contributed by atoms with Gasteiger partial charge in [-0.15, -0.1) is 0 Å². The van der Waals surface area contributed by atoms with E-state index >= 15 is 0 Å². The lowest BCUT2D eigenvalue weighted by Gasteiger charge is -2.12. The summed E-state index contributed by atoms with van der Waals surface area (Å²) in [5, 5.41) is 5.93. The first kappa shape index (κ1) is 17.4. The maximum Gasteiger partial charge on any atom is 0.261 e. The number of amides is 2. The van der Waals surface area contributed by atoms with Crippen LogP contribution in [-0.2, 0) is 11.2 Å². The fourth-order valence-electron chi connectivity index (χ4n) is 2.80. The van der Waals surface area contributed by atoms with E-state index in [9.17, 15) is 14.4 Å². The van der Waals surface area contributed by atoms with Crippen molar-refractivity contribution in [3.63, 3.8) is 0 Å². The SMILES string of the molecule is CCc1ccc(NC(=O)c2c[nH]c3ccccc3c2=O)cc1NC(C)=O. The fourth-order valence-corrected chi connectivity index (χ4v) is 2.80. The lowest BCUT2D eigenvalue weighted by atomic mass is 10.1. The Balaban J connectivity index is 1.92. The summed E-state index contributed by atoms with van der Waals surface area (Å²) in [6.07, 6.45) is 2.16. The standard InChI is InChI=1S/C20H19N3O3/c1-3-13-8-9-14(10-18(13)22-12(2)24)23-20(26)16-11-21-17-7-5-4-6-15(17)19(16)25/h4-11H,3H2,1-2H3,(H,21,25)(H,22,24)(H,23,26). The van der Waals surface area contributed by atoms with Gasteiger partial charge in [-0.05, 0) is 36.2 Å². The van der Waals surface area contributed by atoms with E-state index in [1.54, 1.807) is 30.3 Å². The molecule has 2 aromatic carbocycles. The van der Waals surface area contributed by atoms with E-state index in [4.69, 9.17) is 0 Å². The number of pyridine rings is 1. The summed E-state index contributed by atoms with van der Waals surface area (Å²) in [6, 6.07) is 12.3. The predicted octanol–water partition coefficient (Wildman–Crippen LogP) is 3.30. The van der Waals surface area contributed by atoms with Crippen molar-refractivity contribution >= 4 is 34.1 Å². The summed E-state index contributed by atoms with van der Waals surface area (Å²) >= 11 is 0. The number of H-pyrrole nitrogens is 1. The Labute approximate surface area is 150 Å². The Kier molecular flexibility index (Phi) is 4.84. The molecule has 6 heteroatoms. The van der Waals surface area contributed by atoms with E-state index in [0.29, 0.717) is 22.3 Å². The van der Waals surface area contributed by atoms with Crippen LogP contribution in [0.5, 0.6) is 0 Å². The van der Waals surface area contributed by atoms with E-state index in [1.807, 2.05) is 19.1 Å². The molecule has 0 fully saturated rings. The maximum absolute atomic E-state index is 12.5. The van der Waals surface area contributed by atoms with Crippen LogP contribution in [0, 0.1) is 0 Å². The Morgan fingerprint density at radius 1 is 1.08 bits per heavy atom. The van der Waals surface area contributed by atoms with Crippen LogP contribution < -0.4 is 16.1 Å².